The van der Waals surface area contributed by atoms with Gasteiger partial charge in [-0.2, -0.15) is 0 Å². The maximum Gasteiger partial charge on any atom is 0.223 e. The van der Waals surface area contributed by atoms with Gasteiger partial charge in [-0.05, 0) is 42.0 Å². The first-order valence-electron chi connectivity index (χ1n) is 9.57. The zero-order valence-corrected chi connectivity index (χ0v) is 15.1. The highest BCUT2D eigenvalue weighted by Gasteiger charge is 2.23. The number of rotatable bonds is 4. The van der Waals surface area contributed by atoms with Crippen LogP contribution in [-0.4, -0.2) is 37.0 Å². The van der Waals surface area contributed by atoms with Crippen LogP contribution in [0.25, 0.3) is 0 Å². The van der Waals surface area contributed by atoms with E-state index in [0.717, 1.165) is 50.2 Å². The SMILES string of the molecule is O=C(NCCN1CCc2ccccc2C1)[C@H]1CCOc2ccccc2C1. The van der Waals surface area contributed by atoms with Crippen molar-refractivity contribution in [3.8, 4) is 5.75 Å². The number of hydrogen-bond acceptors (Lipinski definition) is 3. The minimum Gasteiger partial charge on any atom is -0.493 e. The third kappa shape index (κ3) is 3.91. The van der Waals surface area contributed by atoms with Gasteiger partial charge in [0.05, 0.1) is 6.61 Å². The van der Waals surface area contributed by atoms with E-state index < -0.39 is 0 Å². The zero-order valence-electron chi connectivity index (χ0n) is 15.1. The monoisotopic (exact) mass is 350 g/mol. The van der Waals surface area contributed by atoms with E-state index in [1.807, 2.05) is 18.2 Å². The zero-order chi connectivity index (χ0) is 17.8. The number of carbonyl (C=O) groups excluding carboxylic acids is 1. The number of ether oxygens (including phenoxy) is 1. The summed E-state index contributed by atoms with van der Waals surface area (Å²) in [7, 11) is 0. The fourth-order valence-corrected chi connectivity index (χ4v) is 3.94. The van der Waals surface area contributed by atoms with Crippen molar-refractivity contribution in [3.05, 3.63) is 65.2 Å². The van der Waals surface area contributed by atoms with Crippen molar-refractivity contribution in [2.45, 2.75) is 25.8 Å². The highest BCUT2D eigenvalue weighted by molar-refractivity contribution is 5.79. The van der Waals surface area contributed by atoms with E-state index in [2.05, 4.69) is 40.5 Å². The van der Waals surface area contributed by atoms with Crippen molar-refractivity contribution in [1.82, 2.24) is 10.2 Å². The number of amides is 1. The highest BCUT2D eigenvalue weighted by atomic mass is 16.5. The van der Waals surface area contributed by atoms with E-state index in [4.69, 9.17) is 4.74 Å². The Hall–Kier alpha value is -2.33. The molecule has 4 rings (SSSR count). The van der Waals surface area contributed by atoms with Crippen LogP contribution in [-0.2, 0) is 24.2 Å². The molecule has 136 valence electrons. The van der Waals surface area contributed by atoms with Crippen LogP contribution in [0.4, 0.5) is 0 Å². The predicted octanol–water partition coefficient (Wildman–Crippen LogP) is 2.80. The number of benzene rings is 2. The van der Waals surface area contributed by atoms with E-state index in [9.17, 15) is 4.79 Å². The molecule has 4 heteroatoms. The molecule has 1 atom stereocenters. The first kappa shape index (κ1) is 17.1. The summed E-state index contributed by atoms with van der Waals surface area (Å²) in [5, 5.41) is 3.15. The summed E-state index contributed by atoms with van der Waals surface area (Å²) < 4.78 is 5.77. The molecule has 0 aromatic heterocycles. The summed E-state index contributed by atoms with van der Waals surface area (Å²) in [6, 6.07) is 16.7. The van der Waals surface area contributed by atoms with Gasteiger partial charge in [0.2, 0.25) is 5.91 Å². The van der Waals surface area contributed by atoms with Crippen molar-refractivity contribution in [2.24, 2.45) is 5.92 Å². The molecule has 0 saturated heterocycles. The number of fused-ring (bicyclic) bond motifs is 2. The number of hydrogen-bond donors (Lipinski definition) is 1. The number of nitrogens with one attached hydrogen (secondary N) is 1. The second kappa shape index (κ2) is 7.92. The summed E-state index contributed by atoms with van der Waals surface area (Å²) in [6.45, 7) is 4.27. The van der Waals surface area contributed by atoms with E-state index in [1.54, 1.807) is 0 Å². The molecule has 4 nitrogen and oxygen atoms in total. The Kier molecular flexibility index (Phi) is 5.21. The third-order valence-electron chi connectivity index (χ3n) is 5.47. The van der Waals surface area contributed by atoms with Crippen LogP contribution in [0.2, 0.25) is 0 Å². The lowest BCUT2D eigenvalue weighted by atomic mass is 9.96. The largest absolute Gasteiger partial charge is 0.493 e. The van der Waals surface area contributed by atoms with Gasteiger partial charge < -0.3 is 10.1 Å². The molecule has 2 aliphatic rings. The summed E-state index contributed by atoms with van der Waals surface area (Å²) in [6.07, 6.45) is 2.64. The van der Waals surface area contributed by atoms with Gasteiger partial charge in [0, 0.05) is 32.1 Å². The maximum absolute atomic E-state index is 12.6. The highest BCUT2D eigenvalue weighted by Crippen LogP contribution is 2.26. The van der Waals surface area contributed by atoms with Gasteiger partial charge in [-0.15, -0.1) is 0 Å². The van der Waals surface area contributed by atoms with Crippen LogP contribution < -0.4 is 10.1 Å². The first-order valence-corrected chi connectivity index (χ1v) is 9.57. The molecule has 26 heavy (non-hydrogen) atoms. The van der Waals surface area contributed by atoms with E-state index in [0.29, 0.717) is 13.2 Å². The Bertz CT molecular complexity index is 774. The summed E-state index contributed by atoms with van der Waals surface area (Å²) in [5.41, 5.74) is 4.02. The van der Waals surface area contributed by atoms with E-state index in [-0.39, 0.29) is 11.8 Å². The molecule has 2 aromatic rings. The van der Waals surface area contributed by atoms with Crippen LogP contribution in [0.15, 0.2) is 48.5 Å². The third-order valence-corrected chi connectivity index (χ3v) is 5.47. The lowest BCUT2D eigenvalue weighted by molar-refractivity contribution is -0.125. The maximum atomic E-state index is 12.6. The molecule has 0 saturated carbocycles. The van der Waals surface area contributed by atoms with Gasteiger partial charge in [-0.3, -0.25) is 9.69 Å². The molecule has 1 amide bonds. The van der Waals surface area contributed by atoms with Crippen LogP contribution >= 0.6 is 0 Å². The van der Waals surface area contributed by atoms with Gasteiger partial charge in [-0.25, -0.2) is 0 Å². The average molecular weight is 350 g/mol. The lowest BCUT2D eigenvalue weighted by Crippen LogP contribution is -2.40. The summed E-state index contributed by atoms with van der Waals surface area (Å²) >= 11 is 0. The molecular formula is C22H26N2O2. The lowest BCUT2D eigenvalue weighted by Gasteiger charge is -2.28. The molecule has 2 heterocycles. The fraction of sp³-hybridized carbons (Fsp3) is 0.409. The predicted molar refractivity (Wildman–Crippen MR) is 102 cm³/mol. The average Bonchev–Trinajstić information content (AvgIpc) is 2.90. The standard InChI is InChI=1S/C22H26N2O2/c25-22(19-10-14-26-21-8-4-3-6-18(21)15-19)23-11-13-24-12-9-17-5-1-2-7-20(17)16-24/h1-8,19H,9-16H2,(H,23,25)/t19-/m0/s1. The van der Waals surface area contributed by atoms with Gasteiger partial charge in [0.15, 0.2) is 0 Å². The fourth-order valence-electron chi connectivity index (χ4n) is 3.94. The van der Waals surface area contributed by atoms with Crippen molar-refractivity contribution < 1.29 is 9.53 Å². The van der Waals surface area contributed by atoms with Gasteiger partial charge >= 0.3 is 0 Å². The number of nitrogens with zero attached hydrogens (tertiary/aromatic N) is 1. The van der Waals surface area contributed by atoms with Crippen molar-refractivity contribution in [3.63, 3.8) is 0 Å². The molecule has 2 aromatic carbocycles. The normalized spacial score (nSPS) is 19.6. The van der Waals surface area contributed by atoms with Crippen LogP contribution in [0.1, 0.15) is 23.1 Å². The molecule has 1 N–H and O–H groups in total. The Morgan fingerprint density at radius 2 is 1.85 bits per heavy atom. The van der Waals surface area contributed by atoms with Crippen LogP contribution in [0, 0.1) is 5.92 Å². The molecular weight excluding hydrogens is 324 g/mol. The second-order valence-electron chi connectivity index (χ2n) is 7.23. The molecule has 0 unspecified atom stereocenters. The van der Waals surface area contributed by atoms with Crippen LogP contribution in [0.3, 0.4) is 0 Å². The molecule has 0 bridgehead atoms. The van der Waals surface area contributed by atoms with Gasteiger partial charge in [-0.1, -0.05) is 42.5 Å². The van der Waals surface area contributed by atoms with E-state index >= 15 is 0 Å². The summed E-state index contributed by atoms with van der Waals surface area (Å²) in [4.78, 5) is 15.0. The quantitative estimate of drug-likeness (QED) is 0.922. The minimum absolute atomic E-state index is 0.000678. The minimum atomic E-state index is 0.000678. The molecule has 0 aliphatic carbocycles. The number of carbonyl (C=O) groups is 1. The smallest absolute Gasteiger partial charge is 0.223 e. The Morgan fingerprint density at radius 3 is 2.73 bits per heavy atom. The van der Waals surface area contributed by atoms with Crippen molar-refractivity contribution >= 4 is 5.91 Å². The Balaban J connectivity index is 1.27. The summed E-state index contributed by atoms with van der Waals surface area (Å²) in [5.74, 6) is 1.08. The molecule has 2 aliphatic heterocycles. The van der Waals surface area contributed by atoms with Crippen molar-refractivity contribution in [2.75, 3.05) is 26.2 Å². The van der Waals surface area contributed by atoms with E-state index in [1.165, 1.54) is 11.1 Å². The Morgan fingerprint density at radius 1 is 1.08 bits per heavy atom. The molecule has 0 radical (unpaired) electrons. The van der Waals surface area contributed by atoms with Crippen molar-refractivity contribution in [1.29, 1.82) is 0 Å². The Labute approximate surface area is 155 Å². The second-order valence-corrected chi connectivity index (χ2v) is 7.23. The molecule has 0 fully saturated rings. The van der Waals surface area contributed by atoms with Crippen LogP contribution in [0.5, 0.6) is 5.75 Å². The molecule has 0 spiro atoms. The topological polar surface area (TPSA) is 41.6 Å². The first-order chi connectivity index (χ1) is 12.8. The van der Waals surface area contributed by atoms with Gasteiger partial charge in [0.25, 0.3) is 0 Å². The number of para-hydroxylation sites is 1. The van der Waals surface area contributed by atoms with Gasteiger partial charge in [0.1, 0.15) is 5.75 Å².